The summed E-state index contributed by atoms with van der Waals surface area (Å²) in [5.74, 6) is 0.150. The number of hydrogen-bond acceptors (Lipinski definition) is 6. The summed E-state index contributed by atoms with van der Waals surface area (Å²) in [6, 6.07) is 6.26. The second kappa shape index (κ2) is 7.17. The molecular weight excluding hydrogens is 322 g/mol. The first kappa shape index (κ1) is 16.7. The number of hydrazone groups is 1. The van der Waals surface area contributed by atoms with E-state index < -0.39 is 0 Å². The van der Waals surface area contributed by atoms with Gasteiger partial charge < -0.3 is 9.80 Å². The number of rotatable bonds is 4. The second-order valence-electron chi connectivity index (χ2n) is 5.95. The van der Waals surface area contributed by atoms with E-state index in [9.17, 15) is 4.79 Å². The quantitative estimate of drug-likeness (QED) is 0.683. The fourth-order valence-electron chi connectivity index (χ4n) is 2.72. The monoisotopic (exact) mass is 345 g/mol. The highest BCUT2D eigenvalue weighted by molar-refractivity contribution is 7.22. The van der Waals surface area contributed by atoms with Crippen molar-refractivity contribution in [2.24, 2.45) is 5.10 Å². The fourth-order valence-corrected chi connectivity index (χ4v) is 3.55. The molecule has 2 aromatic rings. The van der Waals surface area contributed by atoms with Crippen LogP contribution in [-0.2, 0) is 4.79 Å². The van der Waals surface area contributed by atoms with Crippen LogP contribution in [0.4, 0.5) is 10.8 Å². The number of anilines is 2. The van der Waals surface area contributed by atoms with Crippen molar-refractivity contribution in [1.29, 1.82) is 0 Å². The Morgan fingerprint density at radius 2 is 2.04 bits per heavy atom. The van der Waals surface area contributed by atoms with Gasteiger partial charge in [-0.05, 0) is 25.5 Å². The number of hydrogen-bond donors (Lipinski definition) is 1. The van der Waals surface area contributed by atoms with Crippen molar-refractivity contribution in [2.75, 3.05) is 36.5 Å². The predicted molar refractivity (Wildman–Crippen MR) is 101 cm³/mol. The van der Waals surface area contributed by atoms with Gasteiger partial charge in [0.25, 0.3) is 0 Å². The summed E-state index contributed by atoms with van der Waals surface area (Å²) in [4.78, 5) is 20.4. The minimum atomic E-state index is 0.150. The lowest BCUT2D eigenvalue weighted by Crippen LogP contribution is -2.48. The van der Waals surface area contributed by atoms with E-state index in [1.165, 1.54) is 0 Å². The lowest BCUT2D eigenvalue weighted by molar-refractivity contribution is -0.129. The second-order valence-corrected chi connectivity index (χ2v) is 6.98. The van der Waals surface area contributed by atoms with Gasteiger partial charge in [-0.1, -0.05) is 24.3 Å². The Labute approximate surface area is 146 Å². The van der Waals surface area contributed by atoms with Crippen molar-refractivity contribution in [2.45, 2.75) is 27.2 Å². The van der Waals surface area contributed by atoms with E-state index in [2.05, 4.69) is 40.5 Å². The highest BCUT2D eigenvalue weighted by Gasteiger charge is 2.21. The van der Waals surface area contributed by atoms with Gasteiger partial charge in [-0.2, -0.15) is 5.10 Å². The maximum atomic E-state index is 11.5. The SMILES string of the molecule is CC/C(C)=N\Nc1nc2c(N3CCN(C(C)=O)CC3)cccc2s1. The molecule has 24 heavy (non-hydrogen) atoms. The number of carbonyl (C=O) groups excluding carboxylic acids is 1. The van der Waals surface area contributed by atoms with Crippen LogP contribution in [0, 0.1) is 0 Å². The number of nitrogens with zero attached hydrogens (tertiary/aromatic N) is 4. The highest BCUT2D eigenvalue weighted by atomic mass is 32.1. The van der Waals surface area contributed by atoms with Crippen LogP contribution in [0.3, 0.4) is 0 Å². The molecule has 0 aliphatic carbocycles. The zero-order valence-electron chi connectivity index (χ0n) is 14.4. The summed E-state index contributed by atoms with van der Waals surface area (Å²) in [5.41, 5.74) is 6.25. The Morgan fingerprint density at radius 1 is 1.29 bits per heavy atom. The topological polar surface area (TPSA) is 60.8 Å². The molecule has 0 saturated carbocycles. The van der Waals surface area contributed by atoms with Crippen molar-refractivity contribution in [1.82, 2.24) is 9.88 Å². The van der Waals surface area contributed by atoms with Crippen LogP contribution in [0.5, 0.6) is 0 Å². The summed E-state index contributed by atoms with van der Waals surface area (Å²) in [6.45, 7) is 8.92. The average molecular weight is 345 g/mol. The van der Waals surface area contributed by atoms with Gasteiger partial charge in [0.2, 0.25) is 11.0 Å². The third-order valence-electron chi connectivity index (χ3n) is 4.32. The lowest BCUT2D eigenvalue weighted by atomic mass is 10.2. The molecule has 7 heteroatoms. The van der Waals surface area contributed by atoms with Crippen LogP contribution in [0.1, 0.15) is 27.2 Å². The first-order valence-electron chi connectivity index (χ1n) is 8.27. The van der Waals surface area contributed by atoms with Crippen LogP contribution in [0.25, 0.3) is 10.2 Å². The number of carbonyl (C=O) groups is 1. The van der Waals surface area contributed by atoms with E-state index in [4.69, 9.17) is 4.98 Å². The van der Waals surface area contributed by atoms with E-state index in [1.54, 1.807) is 18.3 Å². The first-order valence-corrected chi connectivity index (χ1v) is 9.09. The Bertz CT molecular complexity index is 761. The Hall–Kier alpha value is -2.15. The maximum Gasteiger partial charge on any atom is 0.219 e. The number of fused-ring (bicyclic) bond motifs is 1. The third kappa shape index (κ3) is 3.51. The smallest absolute Gasteiger partial charge is 0.219 e. The molecule has 0 spiro atoms. The molecule has 0 atom stereocenters. The third-order valence-corrected chi connectivity index (χ3v) is 5.24. The Kier molecular flexibility index (Phi) is 4.99. The molecule has 3 rings (SSSR count). The van der Waals surface area contributed by atoms with Crippen LogP contribution in [0.15, 0.2) is 23.3 Å². The summed E-state index contributed by atoms with van der Waals surface area (Å²) in [5, 5.41) is 5.15. The van der Waals surface area contributed by atoms with Gasteiger partial charge in [-0.3, -0.25) is 10.2 Å². The van der Waals surface area contributed by atoms with Crippen molar-refractivity contribution in [3.05, 3.63) is 18.2 Å². The van der Waals surface area contributed by atoms with Gasteiger partial charge in [-0.25, -0.2) is 4.98 Å². The molecule has 128 valence electrons. The highest BCUT2D eigenvalue weighted by Crippen LogP contribution is 2.33. The number of para-hydroxylation sites is 1. The van der Waals surface area contributed by atoms with Gasteiger partial charge in [0.1, 0.15) is 5.52 Å². The predicted octanol–water partition coefficient (Wildman–Crippen LogP) is 3.16. The molecule has 1 N–H and O–H groups in total. The normalized spacial score (nSPS) is 15.9. The van der Waals surface area contributed by atoms with E-state index in [1.807, 2.05) is 11.8 Å². The summed E-state index contributed by atoms with van der Waals surface area (Å²) >= 11 is 1.61. The summed E-state index contributed by atoms with van der Waals surface area (Å²) < 4.78 is 1.15. The lowest BCUT2D eigenvalue weighted by Gasteiger charge is -2.35. The Morgan fingerprint density at radius 3 is 2.71 bits per heavy atom. The number of amides is 1. The molecule has 1 aromatic heterocycles. The molecule has 1 aromatic carbocycles. The van der Waals surface area contributed by atoms with Crippen molar-refractivity contribution in [3.8, 4) is 0 Å². The van der Waals surface area contributed by atoms with E-state index >= 15 is 0 Å². The summed E-state index contributed by atoms with van der Waals surface area (Å²) in [6.07, 6.45) is 0.920. The van der Waals surface area contributed by atoms with E-state index in [0.717, 1.165) is 59.3 Å². The van der Waals surface area contributed by atoms with Crippen molar-refractivity contribution >= 4 is 44.0 Å². The van der Waals surface area contributed by atoms with Crippen LogP contribution in [0.2, 0.25) is 0 Å². The van der Waals surface area contributed by atoms with Gasteiger partial charge in [-0.15, -0.1) is 0 Å². The number of nitrogens with one attached hydrogen (secondary N) is 1. The molecule has 1 aliphatic rings. The number of piperazine rings is 1. The van der Waals surface area contributed by atoms with Crippen LogP contribution >= 0.6 is 11.3 Å². The van der Waals surface area contributed by atoms with E-state index in [-0.39, 0.29) is 5.91 Å². The molecule has 0 bridgehead atoms. The van der Waals surface area contributed by atoms with Gasteiger partial charge in [0, 0.05) is 38.8 Å². The zero-order chi connectivity index (χ0) is 17.1. The number of thiazole rings is 1. The summed E-state index contributed by atoms with van der Waals surface area (Å²) in [7, 11) is 0. The average Bonchev–Trinajstić information content (AvgIpc) is 3.02. The van der Waals surface area contributed by atoms with Crippen molar-refractivity contribution < 1.29 is 4.79 Å². The zero-order valence-corrected chi connectivity index (χ0v) is 15.2. The minimum Gasteiger partial charge on any atom is -0.366 e. The van der Waals surface area contributed by atoms with Gasteiger partial charge in [0.15, 0.2) is 0 Å². The Balaban J connectivity index is 1.81. The van der Waals surface area contributed by atoms with Crippen molar-refractivity contribution in [3.63, 3.8) is 0 Å². The van der Waals surface area contributed by atoms with Gasteiger partial charge in [0.05, 0.1) is 10.4 Å². The number of aromatic nitrogens is 1. The number of benzene rings is 1. The van der Waals surface area contributed by atoms with E-state index in [0.29, 0.717) is 0 Å². The molecule has 0 radical (unpaired) electrons. The molecule has 1 saturated heterocycles. The standard InChI is InChI=1S/C17H23N5OS/c1-4-12(2)19-20-17-18-16-14(6-5-7-15(16)24-17)22-10-8-21(9-11-22)13(3)23/h5-7H,4,8-11H2,1-3H3,(H,18,20)/b19-12-. The molecule has 6 nitrogen and oxygen atoms in total. The first-order chi connectivity index (χ1) is 11.6. The molecule has 2 heterocycles. The maximum absolute atomic E-state index is 11.5. The molecule has 1 aliphatic heterocycles. The molecule has 1 fully saturated rings. The minimum absolute atomic E-state index is 0.150. The van der Waals surface area contributed by atoms with Crippen LogP contribution in [-0.4, -0.2) is 47.7 Å². The molecule has 1 amide bonds. The fraction of sp³-hybridized carbons (Fsp3) is 0.471. The molecule has 0 unspecified atom stereocenters. The molecular formula is C17H23N5OS. The van der Waals surface area contributed by atoms with Gasteiger partial charge >= 0.3 is 0 Å². The van der Waals surface area contributed by atoms with Crippen LogP contribution < -0.4 is 10.3 Å². The largest absolute Gasteiger partial charge is 0.366 e.